The molecule has 1 saturated heterocycles. The average Bonchev–Trinajstić information content (AvgIpc) is 3.22. The lowest BCUT2D eigenvalue weighted by Gasteiger charge is -2.20. The van der Waals surface area contributed by atoms with Crippen LogP contribution in [0.25, 0.3) is 5.65 Å². The van der Waals surface area contributed by atoms with Crippen LogP contribution in [0.5, 0.6) is 0 Å². The smallest absolute Gasteiger partial charge is 0.263 e. The number of nitrogens with two attached hydrogens (primary N) is 1. The van der Waals surface area contributed by atoms with Crippen molar-refractivity contribution in [3.63, 3.8) is 0 Å². The van der Waals surface area contributed by atoms with E-state index in [0.717, 1.165) is 48.5 Å². The number of carbonyl (C=O) groups excluding carboxylic acids is 1. The number of fused-ring (bicyclic) bond motifs is 1. The van der Waals surface area contributed by atoms with Crippen molar-refractivity contribution in [1.82, 2.24) is 24.8 Å². The molecule has 1 fully saturated rings. The highest BCUT2D eigenvalue weighted by Crippen LogP contribution is 2.28. The van der Waals surface area contributed by atoms with Crippen molar-refractivity contribution in [1.29, 1.82) is 0 Å². The van der Waals surface area contributed by atoms with Crippen LogP contribution in [0.2, 0.25) is 0 Å². The van der Waals surface area contributed by atoms with E-state index in [1.807, 2.05) is 0 Å². The van der Waals surface area contributed by atoms with Gasteiger partial charge in [0.25, 0.3) is 5.91 Å². The van der Waals surface area contributed by atoms with Gasteiger partial charge in [0, 0.05) is 13.1 Å². The standard InChI is InChI=1S/C15H15FN8O/c16-9-5-18-14-12(13(17)22-24(14)8-9)15(25)21-10-6-19-20-7-11(10)23-3-1-2-4-23/h5-8H,1-4H2,(H2,17,22)(H,20,21,25). The van der Waals surface area contributed by atoms with Gasteiger partial charge in [-0.25, -0.2) is 13.9 Å². The first-order valence-corrected chi connectivity index (χ1v) is 7.80. The van der Waals surface area contributed by atoms with Crippen LogP contribution in [0.15, 0.2) is 24.8 Å². The van der Waals surface area contributed by atoms with Crippen molar-refractivity contribution in [2.45, 2.75) is 12.8 Å². The Labute approximate surface area is 141 Å². The summed E-state index contributed by atoms with van der Waals surface area (Å²) in [5.41, 5.74) is 7.42. The molecule has 9 nitrogen and oxygen atoms in total. The summed E-state index contributed by atoms with van der Waals surface area (Å²) in [6.07, 6.45) is 7.41. The van der Waals surface area contributed by atoms with E-state index in [0.29, 0.717) is 5.69 Å². The molecule has 1 aliphatic heterocycles. The van der Waals surface area contributed by atoms with Gasteiger partial charge in [-0.05, 0) is 12.8 Å². The number of aromatic nitrogens is 5. The van der Waals surface area contributed by atoms with Crippen molar-refractivity contribution in [2.75, 3.05) is 29.0 Å². The lowest BCUT2D eigenvalue weighted by molar-refractivity contribution is 0.102. The molecule has 1 aliphatic rings. The van der Waals surface area contributed by atoms with Crippen LogP contribution in [0.3, 0.4) is 0 Å². The maximum atomic E-state index is 13.3. The second kappa shape index (κ2) is 5.96. The monoisotopic (exact) mass is 342 g/mol. The molecule has 25 heavy (non-hydrogen) atoms. The Balaban J connectivity index is 1.68. The molecule has 0 spiro atoms. The third kappa shape index (κ3) is 2.71. The zero-order valence-electron chi connectivity index (χ0n) is 13.2. The van der Waals surface area contributed by atoms with Crippen molar-refractivity contribution in [3.8, 4) is 0 Å². The highest BCUT2D eigenvalue weighted by Gasteiger charge is 2.22. The first-order chi connectivity index (χ1) is 12.1. The number of rotatable bonds is 3. The van der Waals surface area contributed by atoms with Crippen LogP contribution < -0.4 is 16.0 Å². The Morgan fingerprint density at radius 2 is 1.96 bits per heavy atom. The molecule has 3 aromatic rings. The normalized spacial score (nSPS) is 14.2. The Kier molecular flexibility index (Phi) is 3.64. The molecule has 128 valence electrons. The number of nitrogen functional groups attached to an aromatic ring is 1. The molecule has 0 aromatic carbocycles. The quantitative estimate of drug-likeness (QED) is 0.732. The van der Waals surface area contributed by atoms with Gasteiger partial charge < -0.3 is 16.0 Å². The SMILES string of the molecule is Nc1nn2cc(F)cnc2c1C(=O)Nc1cnncc1N1CCCC1. The van der Waals surface area contributed by atoms with Crippen molar-refractivity contribution >= 4 is 28.7 Å². The summed E-state index contributed by atoms with van der Waals surface area (Å²) in [5, 5.41) is 14.5. The van der Waals surface area contributed by atoms with Gasteiger partial charge in [0.2, 0.25) is 0 Å². The van der Waals surface area contributed by atoms with Gasteiger partial charge in [-0.1, -0.05) is 0 Å². The number of anilines is 3. The number of amides is 1. The Morgan fingerprint density at radius 1 is 1.20 bits per heavy atom. The van der Waals surface area contributed by atoms with Gasteiger partial charge >= 0.3 is 0 Å². The maximum Gasteiger partial charge on any atom is 0.263 e. The Hall–Kier alpha value is -3.30. The van der Waals surface area contributed by atoms with Crippen molar-refractivity contribution < 1.29 is 9.18 Å². The predicted molar refractivity (Wildman–Crippen MR) is 88.8 cm³/mol. The molecule has 0 unspecified atom stereocenters. The summed E-state index contributed by atoms with van der Waals surface area (Å²) in [7, 11) is 0. The molecule has 0 bridgehead atoms. The van der Waals surface area contributed by atoms with E-state index in [2.05, 4.69) is 30.5 Å². The zero-order valence-corrected chi connectivity index (χ0v) is 13.2. The molecule has 3 N–H and O–H groups in total. The fraction of sp³-hybridized carbons (Fsp3) is 0.267. The van der Waals surface area contributed by atoms with Crippen LogP contribution in [-0.4, -0.2) is 43.8 Å². The van der Waals surface area contributed by atoms with Crippen LogP contribution >= 0.6 is 0 Å². The highest BCUT2D eigenvalue weighted by molar-refractivity contribution is 6.12. The van der Waals surface area contributed by atoms with Crippen molar-refractivity contribution in [2.24, 2.45) is 0 Å². The van der Waals surface area contributed by atoms with Crippen molar-refractivity contribution in [3.05, 3.63) is 36.2 Å². The Bertz CT molecular complexity index is 950. The summed E-state index contributed by atoms with van der Waals surface area (Å²) in [6, 6.07) is 0. The summed E-state index contributed by atoms with van der Waals surface area (Å²) in [4.78, 5) is 18.8. The molecule has 10 heteroatoms. The fourth-order valence-corrected chi connectivity index (χ4v) is 2.95. The number of hydrogen-bond donors (Lipinski definition) is 2. The topological polar surface area (TPSA) is 114 Å². The molecule has 4 heterocycles. The van der Waals surface area contributed by atoms with Gasteiger partial charge in [0.1, 0.15) is 5.56 Å². The third-order valence-corrected chi connectivity index (χ3v) is 4.10. The number of nitrogens with zero attached hydrogens (tertiary/aromatic N) is 6. The molecule has 1 amide bonds. The Morgan fingerprint density at radius 3 is 2.76 bits per heavy atom. The average molecular weight is 342 g/mol. The van der Waals surface area contributed by atoms with Crippen LogP contribution in [0.4, 0.5) is 21.6 Å². The van der Waals surface area contributed by atoms with E-state index < -0.39 is 11.7 Å². The largest absolute Gasteiger partial charge is 0.381 e. The van der Waals surface area contributed by atoms with E-state index in [-0.39, 0.29) is 17.0 Å². The van der Waals surface area contributed by atoms with E-state index in [1.165, 1.54) is 6.20 Å². The number of carbonyl (C=O) groups is 1. The predicted octanol–water partition coefficient (Wildman–Crippen LogP) is 1.09. The summed E-state index contributed by atoms with van der Waals surface area (Å²) >= 11 is 0. The second-order valence-corrected chi connectivity index (χ2v) is 5.74. The molecule has 3 aromatic heterocycles. The maximum absolute atomic E-state index is 13.3. The van der Waals surface area contributed by atoms with Crippen LogP contribution in [0, 0.1) is 5.82 Å². The molecule has 0 atom stereocenters. The second-order valence-electron chi connectivity index (χ2n) is 5.74. The summed E-state index contributed by atoms with van der Waals surface area (Å²) in [5.74, 6) is -1.09. The third-order valence-electron chi connectivity index (χ3n) is 4.10. The molecule has 4 rings (SSSR count). The van der Waals surface area contributed by atoms with E-state index >= 15 is 0 Å². The van der Waals surface area contributed by atoms with Gasteiger partial charge in [-0.3, -0.25) is 4.79 Å². The van der Waals surface area contributed by atoms with E-state index in [4.69, 9.17) is 5.73 Å². The molecular weight excluding hydrogens is 327 g/mol. The minimum absolute atomic E-state index is 0.0275. The van der Waals surface area contributed by atoms with Gasteiger partial charge in [0.05, 0.1) is 36.2 Å². The molecule has 0 aliphatic carbocycles. The van der Waals surface area contributed by atoms with E-state index in [9.17, 15) is 9.18 Å². The number of nitrogens with one attached hydrogen (secondary N) is 1. The zero-order chi connectivity index (χ0) is 17.4. The first-order valence-electron chi connectivity index (χ1n) is 7.80. The summed E-state index contributed by atoms with van der Waals surface area (Å²) in [6.45, 7) is 1.79. The minimum atomic E-state index is -0.573. The number of halogens is 1. The summed E-state index contributed by atoms with van der Waals surface area (Å²) < 4.78 is 14.4. The van der Waals surface area contributed by atoms with E-state index in [1.54, 1.807) is 6.20 Å². The lowest BCUT2D eigenvalue weighted by atomic mass is 10.2. The van der Waals surface area contributed by atoms with Gasteiger partial charge in [-0.15, -0.1) is 5.10 Å². The van der Waals surface area contributed by atoms with Crippen LogP contribution in [0.1, 0.15) is 23.2 Å². The first kappa shape index (κ1) is 15.2. The molecule has 0 radical (unpaired) electrons. The molecule has 0 saturated carbocycles. The van der Waals surface area contributed by atoms with Crippen LogP contribution in [-0.2, 0) is 0 Å². The fourth-order valence-electron chi connectivity index (χ4n) is 2.95. The number of hydrogen-bond acceptors (Lipinski definition) is 7. The highest BCUT2D eigenvalue weighted by atomic mass is 19.1. The lowest BCUT2D eigenvalue weighted by Crippen LogP contribution is -2.22. The van der Waals surface area contributed by atoms with Gasteiger partial charge in [0.15, 0.2) is 17.3 Å². The van der Waals surface area contributed by atoms with Gasteiger partial charge in [-0.2, -0.15) is 10.2 Å². The minimum Gasteiger partial charge on any atom is -0.381 e. The molecular formula is C15H15FN8O.